The molecule has 0 spiro atoms. The van der Waals surface area contributed by atoms with Gasteiger partial charge in [-0.2, -0.15) is 14.0 Å². The highest BCUT2D eigenvalue weighted by atomic mass is 35.5. The monoisotopic (exact) mass is 487 g/mol. The topological polar surface area (TPSA) is 94.7 Å². The van der Waals surface area contributed by atoms with Gasteiger partial charge in [0.2, 0.25) is 0 Å². The van der Waals surface area contributed by atoms with E-state index < -0.39 is 34.9 Å². The van der Waals surface area contributed by atoms with Gasteiger partial charge in [-0.3, -0.25) is 0 Å². The van der Waals surface area contributed by atoms with Crippen molar-refractivity contribution in [3.05, 3.63) is 70.4 Å². The highest BCUT2D eigenvalue weighted by Gasteiger charge is 2.47. The summed E-state index contributed by atoms with van der Waals surface area (Å²) in [5.41, 5.74) is -0.909. The van der Waals surface area contributed by atoms with Gasteiger partial charge in [0.15, 0.2) is 5.65 Å². The summed E-state index contributed by atoms with van der Waals surface area (Å²) in [6.45, 7) is 6.24. The van der Waals surface area contributed by atoms with Crippen molar-refractivity contribution in [3.8, 4) is 6.07 Å². The smallest absolute Gasteiger partial charge is 0.301 e. The van der Waals surface area contributed by atoms with E-state index in [9.17, 15) is 19.1 Å². The van der Waals surface area contributed by atoms with E-state index in [1.54, 1.807) is 13.0 Å². The summed E-state index contributed by atoms with van der Waals surface area (Å²) < 4.78 is 44.0. The first-order chi connectivity index (χ1) is 16.0. The number of nitrogens with one attached hydrogen (secondary N) is 1. The third kappa shape index (κ3) is 3.97. The Morgan fingerprint density at radius 3 is 2.62 bits per heavy atom. The van der Waals surface area contributed by atoms with Crippen LogP contribution in [0.2, 0.25) is 5.15 Å². The van der Waals surface area contributed by atoms with Crippen LogP contribution in [0.25, 0.3) is 11.0 Å². The molecule has 10 heteroatoms. The van der Waals surface area contributed by atoms with Crippen molar-refractivity contribution in [1.82, 2.24) is 15.0 Å². The number of rotatable bonds is 7. The lowest BCUT2D eigenvalue weighted by atomic mass is 9.96. The molecule has 6 nitrogen and oxygen atoms in total. The summed E-state index contributed by atoms with van der Waals surface area (Å²) >= 11 is 6.35. The van der Waals surface area contributed by atoms with Gasteiger partial charge in [0.05, 0.1) is 28.5 Å². The van der Waals surface area contributed by atoms with Crippen molar-refractivity contribution in [2.45, 2.75) is 50.2 Å². The van der Waals surface area contributed by atoms with Crippen molar-refractivity contribution in [3.63, 3.8) is 0 Å². The number of alkyl halides is 2. The molecule has 0 amide bonds. The molecule has 1 fully saturated rings. The molecule has 0 aliphatic heterocycles. The zero-order chi connectivity index (χ0) is 24.8. The minimum atomic E-state index is -3.78. The zero-order valence-electron chi connectivity index (χ0n) is 18.4. The Labute approximate surface area is 199 Å². The van der Waals surface area contributed by atoms with Crippen molar-refractivity contribution < 1.29 is 18.3 Å². The molecule has 0 radical (unpaired) electrons. The number of halogens is 4. The molecule has 2 atom stereocenters. The highest BCUT2D eigenvalue weighted by molar-refractivity contribution is 6.30. The molecule has 2 N–H and O–H groups in total. The van der Waals surface area contributed by atoms with E-state index in [0.29, 0.717) is 29.6 Å². The maximum absolute atomic E-state index is 15.2. The Hall–Kier alpha value is -3.22. The minimum Gasteiger partial charge on any atom is -0.387 e. The van der Waals surface area contributed by atoms with Gasteiger partial charge < -0.3 is 10.4 Å². The first-order valence-electron chi connectivity index (χ1n) is 10.5. The summed E-state index contributed by atoms with van der Waals surface area (Å²) in [4.78, 5) is 13.0. The Kier molecular flexibility index (Phi) is 6.00. The molecular weight excluding hydrogens is 467 g/mol. The average Bonchev–Trinajstić information content (AvgIpc) is 3.58. The van der Waals surface area contributed by atoms with Crippen LogP contribution in [0, 0.1) is 24.1 Å². The minimum absolute atomic E-state index is 0.102. The summed E-state index contributed by atoms with van der Waals surface area (Å²) in [6.07, 6.45) is 0.575. The molecule has 2 heterocycles. The van der Waals surface area contributed by atoms with Crippen LogP contribution >= 0.6 is 11.6 Å². The Bertz CT molecular complexity index is 1330. The van der Waals surface area contributed by atoms with E-state index in [4.69, 9.17) is 11.6 Å². The number of aryl methyl sites for hydroxylation is 1. The molecule has 1 saturated carbocycles. The van der Waals surface area contributed by atoms with E-state index >= 15 is 4.39 Å². The lowest BCUT2D eigenvalue weighted by molar-refractivity contribution is -0.108. The second kappa shape index (κ2) is 8.53. The first-order valence-corrected chi connectivity index (χ1v) is 10.9. The molecule has 3 aromatic rings. The van der Waals surface area contributed by atoms with Gasteiger partial charge in [-0.25, -0.2) is 19.3 Å². The van der Waals surface area contributed by atoms with Crippen molar-refractivity contribution >= 4 is 28.5 Å². The lowest BCUT2D eigenvalue weighted by Gasteiger charge is -2.24. The Morgan fingerprint density at radius 2 is 2.03 bits per heavy atom. The largest absolute Gasteiger partial charge is 0.387 e. The summed E-state index contributed by atoms with van der Waals surface area (Å²) in [6, 6.07) is 6.59. The fourth-order valence-corrected chi connectivity index (χ4v) is 4.15. The number of pyridine rings is 1. The van der Waals surface area contributed by atoms with Crippen LogP contribution in [-0.4, -0.2) is 26.2 Å². The number of hydrogen-bond acceptors (Lipinski definition) is 6. The van der Waals surface area contributed by atoms with Gasteiger partial charge in [-0.05, 0) is 38.8 Å². The van der Waals surface area contributed by atoms with Crippen LogP contribution in [-0.2, 0) is 11.3 Å². The number of hydrogen-bond donors (Lipinski definition) is 2. The van der Waals surface area contributed by atoms with Crippen molar-refractivity contribution in [1.29, 1.82) is 5.26 Å². The second-order valence-electron chi connectivity index (χ2n) is 8.38. The number of benzene rings is 1. The number of nitrogens with zero attached hydrogens (tertiary/aromatic N) is 4. The van der Waals surface area contributed by atoms with Gasteiger partial charge in [0, 0.05) is 11.1 Å². The number of nitriles is 1. The maximum Gasteiger partial charge on any atom is 0.301 e. The molecule has 34 heavy (non-hydrogen) atoms. The zero-order valence-corrected chi connectivity index (χ0v) is 19.2. The third-order valence-electron chi connectivity index (χ3n) is 6.01. The molecule has 176 valence electrons. The van der Waals surface area contributed by atoms with Crippen LogP contribution < -0.4 is 5.32 Å². The summed E-state index contributed by atoms with van der Waals surface area (Å²) in [5, 5.41) is 22.7. The number of anilines is 1. The van der Waals surface area contributed by atoms with Gasteiger partial charge in [0.25, 0.3) is 0 Å². The van der Waals surface area contributed by atoms with Crippen LogP contribution in [0.15, 0.2) is 36.9 Å². The molecule has 0 bridgehead atoms. The number of aromatic nitrogens is 3. The maximum atomic E-state index is 15.2. The average molecular weight is 488 g/mol. The molecule has 2 aromatic heterocycles. The molecule has 1 aliphatic carbocycles. The van der Waals surface area contributed by atoms with Gasteiger partial charge in [0.1, 0.15) is 28.7 Å². The van der Waals surface area contributed by atoms with Crippen LogP contribution in [0.4, 0.5) is 19.0 Å². The summed E-state index contributed by atoms with van der Waals surface area (Å²) in [5.74, 6) is -4.33. The van der Waals surface area contributed by atoms with E-state index in [1.165, 1.54) is 18.2 Å². The normalized spacial score (nSPS) is 16.5. The lowest BCUT2D eigenvalue weighted by Crippen LogP contribution is -2.30. The number of aliphatic hydroxyl groups excluding tert-OH is 1. The van der Waals surface area contributed by atoms with Gasteiger partial charge >= 0.3 is 5.92 Å². The molecule has 1 aromatic carbocycles. The highest BCUT2D eigenvalue weighted by Crippen LogP contribution is 2.50. The number of fused-ring (bicyclic) bond motifs is 1. The molecular formula is C24H21ClF3N5O. The Morgan fingerprint density at radius 1 is 1.32 bits per heavy atom. The SMILES string of the molecule is C=C[C@@H](Nc1nc(C)nc2nc(Cl)c(C3(C#N)CC3)cc12)c1cccc(C(F)(F)[C@H](C)O)c1F. The molecule has 0 saturated heterocycles. The van der Waals surface area contributed by atoms with E-state index in [1.807, 2.05) is 0 Å². The third-order valence-corrected chi connectivity index (χ3v) is 6.30. The first kappa shape index (κ1) is 23.9. The van der Waals surface area contributed by atoms with Crippen molar-refractivity contribution in [2.75, 3.05) is 5.32 Å². The number of aliphatic hydroxyl groups is 1. The summed E-state index contributed by atoms with van der Waals surface area (Å²) in [7, 11) is 0. The standard InChI is InChI=1S/C24H21ClF3N5O/c1-4-18(14-6-5-7-16(19(14)26)24(27,28)12(2)34)32-21-15-10-17(23(11-29)8-9-23)20(25)33-22(15)31-13(3)30-21/h4-7,10,12,18,34H,1,8-9H2,2-3H3,(H,30,31,32,33)/t12-,18+/m0/s1. The fourth-order valence-electron chi connectivity index (χ4n) is 3.84. The van der Waals surface area contributed by atoms with E-state index in [2.05, 4.69) is 32.9 Å². The molecule has 1 aliphatic rings. The molecule has 0 unspecified atom stereocenters. The molecule has 4 rings (SSSR count). The predicted octanol–water partition coefficient (Wildman–Crippen LogP) is 5.49. The van der Waals surface area contributed by atoms with Gasteiger partial charge in [-0.15, -0.1) is 6.58 Å². The van der Waals surface area contributed by atoms with Gasteiger partial charge in [-0.1, -0.05) is 29.8 Å². The van der Waals surface area contributed by atoms with Crippen LogP contribution in [0.1, 0.15) is 48.3 Å². The van der Waals surface area contributed by atoms with E-state index in [0.717, 1.165) is 13.0 Å². The van der Waals surface area contributed by atoms with E-state index in [-0.39, 0.29) is 22.2 Å². The predicted molar refractivity (Wildman–Crippen MR) is 122 cm³/mol. The van der Waals surface area contributed by atoms with Crippen LogP contribution in [0.5, 0.6) is 0 Å². The van der Waals surface area contributed by atoms with Crippen molar-refractivity contribution in [2.24, 2.45) is 0 Å². The van der Waals surface area contributed by atoms with Crippen LogP contribution in [0.3, 0.4) is 0 Å². The Balaban J connectivity index is 1.81. The quantitative estimate of drug-likeness (QED) is 0.338. The second-order valence-corrected chi connectivity index (χ2v) is 8.73. The fraction of sp³-hybridized carbons (Fsp3) is 0.333.